The van der Waals surface area contributed by atoms with E-state index in [0.717, 1.165) is 42.1 Å². The predicted molar refractivity (Wildman–Crippen MR) is 139 cm³/mol. The zero-order valence-electron chi connectivity index (χ0n) is 20.2. The van der Waals surface area contributed by atoms with Crippen LogP contribution in [-0.2, 0) is 22.0 Å². The summed E-state index contributed by atoms with van der Waals surface area (Å²) in [5.74, 6) is -0.851. The Bertz CT molecular complexity index is 1600. The Morgan fingerprint density at radius 2 is 1.84 bits per heavy atom. The number of hydrogen-bond donors (Lipinski definition) is 1. The normalized spacial score (nSPS) is 17.9. The standard InChI is InChI=1S/C28H27N5O3S/c29-16-22-4-1-2-6-27(22)33-17-24(28(30)34)26(32-33)14-19-8-11-23(12-9-19)37(35,36)18-20-7-10-21-5-3-13-31-25(21)15-20/h3,5,7-13,15,17,22,27H,1-2,4,6,14,18H2,(H2,30,34)/t22-,27+/m1/s1. The molecule has 188 valence electrons. The number of nitrogens with zero attached hydrogens (tertiary/aromatic N) is 4. The van der Waals surface area contributed by atoms with E-state index in [1.54, 1.807) is 53.5 Å². The van der Waals surface area contributed by atoms with Crippen molar-refractivity contribution in [2.45, 2.75) is 48.8 Å². The van der Waals surface area contributed by atoms with Gasteiger partial charge in [0.1, 0.15) is 0 Å². The third-order valence-corrected chi connectivity index (χ3v) is 8.69. The first-order chi connectivity index (χ1) is 17.8. The summed E-state index contributed by atoms with van der Waals surface area (Å²) in [6.07, 6.45) is 7.32. The maximum absolute atomic E-state index is 13.1. The number of aromatic nitrogens is 3. The number of primary amides is 1. The van der Waals surface area contributed by atoms with Crippen LogP contribution < -0.4 is 5.73 Å². The molecule has 1 saturated carbocycles. The van der Waals surface area contributed by atoms with Crippen molar-refractivity contribution in [2.24, 2.45) is 11.7 Å². The van der Waals surface area contributed by atoms with Crippen LogP contribution in [0.25, 0.3) is 10.9 Å². The number of nitriles is 1. The zero-order valence-corrected chi connectivity index (χ0v) is 21.1. The molecule has 0 spiro atoms. The minimum Gasteiger partial charge on any atom is -0.365 e. The van der Waals surface area contributed by atoms with Crippen LogP contribution in [0.15, 0.2) is 71.9 Å². The summed E-state index contributed by atoms with van der Waals surface area (Å²) in [5.41, 5.74) is 8.70. The lowest BCUT2D eigenvalue weighted by molar-refractivity contribution is 0.0999. The van der Waals surface area contributed by atoms with E-state index in [2.05, 4.69) is 16.2 Å². The molecule has 8 nitrogen and oxygen atoms in total. The highest BCUT2D eigenvalue weighted by molar-refractivity contribution is 7.90. The molecule has 0 radical (unpaired) electrons. The van der Waals surface area contributed by atoms with Crippen LogP contribution in [-0.4, -0.2) is 29.1 Å². The lowest BCUT2D eigenvalue weighted by Gasteiger charge is -2.26. The molecule has 2 aromatic heterocycles. The van der Waals surface area contributed by atoms with Gasteiger partial charge in [0, 0.05) is 24.2 Å². The maximum Gasteiger partial charge on any atom is 0.252 e. The number of nitrogens with two attached hydrogens (primary N) is 1. The van der Waals surface area contributed by atoms with Gasteiger partial charge >= 0.3 is 0 Å². The molecule has 0 unspecified atom stereocenters. The predicted octanol–water partition coefficient (Wildman–Crippen LogP) is 4.35. The topological polar surface area (TPSA) is 132 Å². The van der Waals surface area contributed by atoms with E-state index in [0.29, 0.717) is 23.2 Å². The second-order valence-corrected chi connectivity index (χ2v) is 11.5. The third-order valence-electron chi connectivity index (χ3n) is 6.99. The van der Waals surface area contributed by atoms with Crippen molar-refractivity contribution in [1.29, 1.82) is 5.26 Å². The van der Waals surface area contributed by atoms with Gasteiger partial charge in [-0.1, -0.05) is 43.2 Å². The molecule has 1 amide bonds. The van der Waals surface area contributed by atoms with Crippen molar-refractivity contribution in [1.82, 2.24) is 14.8 Å². The molecule has 0 saturated heterocycles. The Balaban J connectivity index is 1.35. The first-order valence-corrected chi connectivity index (χ1v) is 13.9. The van der Waals surface area contributed by atoms with Crippen molar-refractivity contribution in [3.05, 3.63) is 89.4 Å². The lowest BCUT2D eigenvalue weighted by atomic mass is 9.85. The molecule has 37 heavy (non-hydrogen) atoms. The zero-order chi connectivity index (χ0) is 26.0. The fraction of sp³-hybridized carbons (Fsp3) is 0.286. The number of hydrogen-bond acceptors (Lipinski definition) is 6. The highest BCUT2D eigenvalue weighted by Gasteiger charge is 2.29. The number of benzene rings is 2. The van der Waals surface area contributed by atoms with Crippen LogP contribution in [0.3, 0.4) is 0 Å². The second-order valence-electron chi connectivity index (χ2n) is 9.53. The van der Waals surface area contributed by atoms with Gasteiger partial charge in [-0.25, -0.2) is 8.42 Å². The number of amides is 1. The SMILES string of the molecule is N#C[C@H]1CCCC[C@@H]1n1cc(C(N)=O)c(Cc2ccc(S(=O)(=O)Cc3ccc4cccnc4c3)cc2)n1. The van der Waals surface area contributed by atoms with E-state index in [4.69, 9.17) is 5.73 Å². The quantitative estimate of drug-likeness (QED) is 0.391. The van der Waals surface area contributed by atoms with Crippen molar-refractivity contribution in [2.75, 3.05) is 0 Å². The molecule has 2 heterocycles. The number of sulfone groups is 1. The van der Waals surface area contributed by atoms with Crippen LogP contribution in [0.2, 0.25) is 0 Å². The Morgan fingerprint density at radius 1 is 1.08 bits per heavy atom. The first-order valence-electron chi connectivity index (χ1n) is 12.3. The average molecular weight is 514 g/mol. The summed E-state index contributed by atoms with van der Waals surface area (Å²) in [4.78, 5) is 16.6. The van der Waals surface area contributed by atoms with Crippen LogP contribution in [0.1, 0.15) is 58.9 Å². The molecule has 1 fully saturated rings. The largest absolute Gasteiger partial charge is 0.365 e. The van der Waals surface area contributed by atoms with Gasteiger partial charge in [-0.3, -0.25) is 14.5 Å². The van der Waals surface area contributed by atoms with Gasteiger partial charge in [0.15, 0.2) is 9.84 Å². The minimum absolute atomic E-state index is 0.0802. The molecule has 1 aliphatic carbocycles. The van der Waals surface area contributed by atoms with Gasteiger partial charge < -0.3 is 5.73 Å². The van der Waals surface area contributed by atoms with Crippen LogP contribution in [0, 0.1) is 17.2 Å². The highest BCUT2D eigenvalue weighted by Crippen LogP contribution is 2.34. The van der Waals surface area contributed by atoms with Gasteiger partial charge in [-0.15, -0.1) is 0 Å². The van der Waals surface area contributed by atoms with E-state index >= 15 is 0 Å². The smallest absolute Gasteiger partial charge is 0.252 e. The summed E-state index contributed by atoms with van der Waals surface area (Å²) in [6, 6.07) is 18.2. The van der Waals surface area contributed by atoms with Crippen molar-refractivity contribution < 1.29 is 13.2 Å². The summed E-state index contributed by atoms with van der Waals surface area (Å²) < 4.78 is 27.9. The molecular formula is C28H27N5O3S. The molecule has 1 aliphatic rings. The molecule has 9 heteroatoms. The van der Waals surface area contributed by atoms with Gasteiger partial charge in [0.2, 0.25) is 0 Å². The van der Waals surface area contributed by atoms with Crippen molar-refractivity contribution >= 4 is 26.6 Å². The summed E-state index contributed by atoms with van der Waals surface area (Å²) in [7, 11) is -3.56. The molecule has 2 aromatic carbocycles. The Hall–Kier alpha value is -4.03. The Labute approximate surface area is 215 Å². The maximum atomic E-state index is 13.1. The van der Waals surface area contributed by atoms with Gasteiger partial charge in [-0.2, -0.15) is 10.4 Å². The van der Waals surface area contributed by atoms with Crippen LogP contribution >= 0.6 is 0 Å². The Morgan fingerprint density at radius 3 is 2.59 bits per heavy atom. The number of pyridine rings is 1. The van der Waals surface area contributed by atoms with E-state index in [-0.39, 0.29) is 22.6 Å². The van der Waals surface area contributed by atoms with Crippen molar-refractivity contribution in [3.63, 3.8) is 0 Å². The van der Waals surface area contributed by atoms with Crippen molar-refractivity contribution in [3.8, 4) is 6.07 Å². The van der Waals surface area contributed by atoms with Crippen LogP contribution in [0.4, 0.5) is 0 Å². The van der Waals surface area contributed by atoms with E-state index in [1.165, 1.54) is 0 Å². The summed E-state index contributed by atoms with van der Waals surface area (Å²) >= 11 is 0. The fourth-order valence-corrected chi connectivity index (χ4v) is 6.36. The number of fused-ring (bicyclic) bond motifs is 1. The van der Waals surface area contributed by atoms with Crippen LogP contribution in [0.5, 0.6) is 0 Å². The number of carbonyl (C=O) groups excluding carboxylic acids is 1. The molecule has 0 aliphatic heterocycles. The van der Waals surface area contributed by atoms with E-state index in [1.807, 2.05) is 18.2 Å². The lowest BCUT2D eigenvalue weighted by Crippen LogP contribution is -2.22. The molecule has 4 aromatic rings. The van der Waals surface area contributed by atoms with Gasteiger partial charge in [-0.05, 0) is 48.2 Å². The summed E-state index contributed by atoms with van der Waals surface area (Å²) in [6.45, 7) is 0. The molecule has 2 N–H and O–H groups in total. The minimum atomic E-state index is -3.56. The molecule has 5 rings (SSSR count). The second kappa shape index (κ2) is 10.1. The molecular weight excluding hydrogens is 486 g/mol. The first kappa shape index (κ1) is 24.7. The third kappa shape index (κ3) is 5.25. The number of rotatable bonds is 7. The monoisotopic (exact) mass is 513 g/mol. The average Bonchev–Trinajstić information content (AvgIpc) is 3.32. The summed E-state index contributed by atoms with van der Waals surface area (Å²) in [5, 5.41) is 15.1. The number of carbonyl (C=O) groups is 1. The fourth-order valence-electron chi connectivity index (χ4n) is 5.03. The Kier molecular flexibility index (Phi) is 6.76. The highest BCUT2D eigenvalue weighted by atomic mass is 32.2. The molecule has 0 bridgehead atoms. The van der Waals surface area contributed by atoms with Gasteiger partial charge in [0.05, 0.1) is 45.5 Å². The van der Waals surface area contributed by atoms with Gasteiger partial charge in [0.25, 0.3) is 5.91 Å². The van der Waals surface area contributed by atoms with E-state index < -0.39 is 15.7 Å². The molecule has 2 atom stereocenters. The van der Waals surface area contributed by atoms with E-state index in [9.17, 15) is 18.5 Å².